The van der Waals surface area contributed by atoms with Gasteiger partial charge in [0.1, 0.15) is 5.82 Å². The molecule has 0 aliphatic heterocycles. The fourth-order valence-electron chi connectivity index (χ4n) is 3.01. The lowest BCUT2D eigenvalue weighted by molar-refractivity contribution is 0.531. The lowest BCUT2D eigenvalue weighted by atomic mass is 9.96. The zero-order chi connectivity index (χ0) is 15.4. The quantitative estimate of drug-likeness (QED) is 0.575. The summed E-state index contributed by atoms with van der Waals surface area (Å²) in [6, 6.07) is 12.4. The van der Waals surface area contributed by atoms with Crippen LogP contribution < -0.4 is 0 Å². The van der Waals surface area contributed by atoms with E-state index in [1.54, 1.807) is 12.3 Å². The topological polar surface area (TPSA) is 17.8 Å². The first-order valence-corrected chi connectivity index (χ1v) is 7.89. The molecule has 3 heteroatoms. The number of rotatable bonds is 6. The summed E-state index contributed by atoms with van der Waals surface area (Å²) in [5, 5.41) is 1.29. The van der Waals surface area contributed by atoms with Gasteiger partial charge in [0.15, 0.2) is 0 Å². The molecule has 0 aliphatic carbocycles. The minimum atomic E-state index is -0.189. The van der Waals surface area contributed by atoms with Gasteiger partial charge in [-0.25, -0.2) is 4.39 Å². The standard InChI is InChI=1S/C19H21FN2/c1-15(17-9-11-21-14-18(17)20)6-4-5-12-22-13-10-16-7-2-3-8-19(16)22/h2-3,7-11,13-15H,4-6,12H2,1H3/t15-/m0/s1. The van der Waals surface area contributed by atoms with Crippen LogP contribution >= 0.6 is 0 Å². The Kier molecular flexibility index (Phi) is 4.52. The zero-order valence-electron chi connectivity index (χ0n) is 12.9. The van der Waals surface area contributed by atoms with Crippen molar-refractivity contribution in [2.24, 2.45) is 0 Å². The maximum absolute atomic E-state index is 13.7. The summed E-state index contributed by atoms with van der Waals surface area (Å²) in [6.07, 6.45) is 8.32. The molecule has 0 spiro atoms. The molecule has 0 saturated carbocycles. The van der Waals surface area contributed by atoms with Crippen LogP contribution in [0.2, 0.25) is 0 Å². The molecule has 114 valence electrons. The van der Waals surface area contributed by atoms with Gasteiger partial charge < -0.3 is 4.57 Å². The Hall–Kier alpha value is -2.16. The maximum Gasteiger partial charge on any atom is 0.144 e. The fourth-order valence-corrected chi connectivity index (χ4v) is 3.01. The molecule has 0 radical (unpaired) electrons. The summed E-state index contributed by atoms with van der Waals surface area (Å²) < 4.78 is 16.0. The van der Waals surface area contributed by atoms with Gasteiger partial charge in [0.25, 0.3) is 0 Å². The van der Waals surface area contributed by atoms with Gasteiger partial charge in [0.05, 0.1) is 6.20 Å². The number of aryl methyl sites for hydroxylation is 1. The smallest absolute Gasteiger partial charge is 0.144 e. The normalized spacial score (nSPS) is 12.6. The van der Waals surface area contributed by atoms with Gasteiger partial charge in [0, 0.05) is 24.5 Å². The fraction of sp³-hybridized carbons (Fsp3) is 0.316. The number of halogens is 1. The number of hydrogen-bond donors (Lipinski definition) is 0. The Labute approximate surface area is 130 Å². The van der Waals surface area contributed by atoms with E-state index in [0.717, 1.165) is 31.4 Å². The maximum atomic E-state index is 13.7. The Morgan fingerprint density at radius 2 is 2.00 bits per heavy atom. The van der Waals surface area contributed by atoms with Crippen LogP contribution in [0.25, 0.3) is 10.9 Å². The van der Waals surface area contributed by atoms with Crippen LogP contribution in [0.1, 0.15) is 37.7 Å². The van der Waals surface area contributed by atoms with E-state index in [1.807, 2.05) is 0 Å². The Morgan fingerprint density at radius 3 is 2.86 bits per heavy atom. The Morgan fingerprint density at radius 1 is 1.14 bits per heavy atom. The van der Waals surface area contributed by atoms with Gasteiger partial charge in [0.2, 0.25) is 0 Å². The van der Waals surface area contributed by atoms with E-state index in [2.05, 4.69) is 53.0 Å². The van der Waals surface area contributed by atoms with Gasteiger partial charge >= 0.3 is 0 Å². The summed E-state index contributed by atoms with van der Waals surface area (Å²) in [4.78, 5) is 3.81. The minimum absolute atomic E-state index is 0.189. The van der Waals surface area contributed by atoms with Crippen molar-refractivity contribution < 1.29 is 4.39 Å². The molecule has 2 nitrogen and oxygen atoms in total. The van der Waals surface area contributed by atoms with Crippen molar-refractivity contribution in [2.45, 2.75) is 38.6 Å². The summed E-state index contributed by atoms with van der Waals surface area (Å²) >= 11 is 0. The summed E-state index contributed by atoms with van der Waals surface area (Å²) in [5.74, 6) is 0.0517. The van der Waals surface area contributed by atoms with Crippen LogP contribution in [0, 0.1) is 5.82 Å². The zero-order valence-corrected chi connectivity index (χ0v) is 12.9. The number of aromatic nitrogens is 2. The van der Waals surface area contributed by atoms with Crippen LogP contribution in [-0.4, -0.2) is 9.55 Å². The molecular formula is C19H21FN2. The lowest BCUT2D eigenvalue weighted by Gasteiger charge is -2.12. The molecule has 1 aromatic carbocycles. The van der Waals surface area contributed by atoms with Crippen LogP contribution in [0.4, 0.5) is 4.39 Å². The van der Waals surface area contributed by atoms with E-state index < -0.39 is 0 Å². The molecule has 0 saturated heterocycles. The molecule has 0 fully saturated rings. The van der Waals surface area contributed by atoms with Crippen molar-refractivity contribution in [3.63, 3.8) is 0 Å². The number of hydrogen-bond acceptors (Lipinski definition) is 1. The molecule has 2 heterocycles. The Bertz CT molecular complexity index is 748. The van der Waals surface area contributed by atoms with Gasteiger partial charge in [-0.3, -0.25) is 4.98 Å². The van der Waals surface area contributed by atoms with Crippen molar-refractivity contribution in [3.05, 3.63) is 66.4 Å². The summed E-state index contributed by atoms with van der Waals surface area (Å²) in [5.41, 5.74) is 2.07. The first-order valence-electron chi connectivity index (χ1n) is 7.89. The van der Waals surface area contributed by atoms with Gasteiger partial charge in [-0.15, -0.1) is 0 Å². The molecule has 22 heavy (non-hydrogen) atoms. The van der Waals surface area contributed by atoms with Crippen molar-refractivity contribution in [3.8, 4) is 0 Å². The van der Waals surface area contributed by atoms with E-state index in [0.29, 0.717) is 0 Å². The largest absolute Gasteiger partial charge is 0.347 e. The van der Waals surface area contributed by atoms with Crippen LogP contribution in [0.5, 0.6) is 0 Å². The van der Waals surface area contributed by atoms with E-state index in [9.17, 15) is 4.39 Å². The van der Waals surface area contributed by atoms with Gasteiger partial charge in [-0.05, 0) is 47.9 Å². The molecule has 1 atom stereocenters. The molecule has 0 amide bonds. The van der Waals surface area contributed by atoms with Crippen LogP contribution in [0.15, 0.2) is 55.0 Å². The van der Waals surface area contributed by atoms with Gasteiger partial charge in [-0.1, -0.05) is 31.5 Å². The van der Waals surface area contributed by atoms with E-state index in [4.69, 9.17) is 0 Å². The summed E-state index contributed by atoms with van der Waals surface area (Å²) in [6.45, 7) is 3.10. The number of benzene rings is 1. The van der Waals surface area contributed by atoms with Crippen LogP contribution in [0.3, 0.4) is 0 Å². The van der Waals surface area contributed by atoms with E-state index in [1.165, 1.54) is 17.1 Å². The molecule has 3 aromatic rings. The number of para-hydroxylation sites is 1. The van der Waals surface area contributed by atoms with Crippen molar-refractivity contribution in [2.75, 3.05) is 0 Å². The summed E-state index contributed by atoms with van der Waals surface area (Å²) in [7, 11) is 0. The lowest BCUT2D eigenvalue weighted by Crippen LogP contribution is -2.00. The number of fused-ring (bicyclic) bond motifs is 1. The van der Waals surface area contributed by atoms with Gasteiger partial charge in [-0.2, -0.15) is 0 Å². The molecule has 0 aliphatic rings. The second-order valence-electron chi connectivity index (χ2n) is 5.86. The number of nitrogens with zero attached hydrogens (tertiary/aromatic N) is 2. The number of unbranched alkanes of at least 4 members (excludes halogenated alkanes) is 1. The molecule has 0 unspecified atom stereocenters. The average Bonchev–Trinajstić information content (AvgIpc) is 2.95. The van der Waals surface area contributed by atoms with Crippen molar-refractivity contribution >= 4 is 10.9 Å². The SMILES string of the molecule is C[C@@H](CCCCn1ccc2ccccc21)c1ccncc1F. The predicted octanol–water partition coefficient (Wildman–Crippen LogP) is 5.15. The third-order valence-corrected chi connectivity index (χ3v) is 4.30. The highest BCUT2D eigenvalue weighted by Gasteiger charge is 2.10. The molecular weight excluding hydrogens is 275 g/mol. The monoisotopic (exact) mass is 296 g/mol. The van der Waals surface area contributed by atoms with E-state index >= 15 is 0 Å². The highest BCUT2D eigenvalue weighted by Crippen LogP contribution is 2.24. The Balaban J connectivity index is 1.52. The first kappa shape index (κ1) is 14.8. The van der Waals surface area contributed by atoms with E-state index in [-0.39, 0.29) is 11.7 Å². The molecule has 0 N–H and O–H groups in total. The third-order valence-electron chi connectivity index (χ3n) is 4.30. The molecule has 0 bridgehead atoms. The number of pyridine rings is 1. The second-order valence-corrected chi connectivity index (χ2v) is 5.86. The van der Waals surface area contributed by atoms with Crippen molar-refractivity contribution in [1.82, 2.24) is 9.55 Å². The second kappa shape index (κ2) is 6.73. The third kappa shape index (κ3) is 3.19. The highest BCUT2D eigenvalue weighted by atomic mass is 19.1. The highest BCUT2D eigenvalue weighted by molar-refractivity contribution is 5.79. The minimum Gasteiger partial charge on any atom is -0.347 e. The average molecular weight is 296 g/mol. The first-order chi connectivity index (χ1) is 10.8. The predicted molar refractivity (Wildman–Crippen MR) is 88.4 cm³/mol. The van der Waals surface area contributed by atoms with Crippen LogP contribution in [-0.2, 0) is 6.54 Å². The molecule has 2 aromatic heterocycles. The molecule has 3 rings (SSSR count). The van der Waals surface area contributed by atoms with Crippen molar-refractivity contribution in [1.29, 1.82) is 0 Å².